The van der Waals surface area contributed by atoms with Crippen molar-refractivity contribution in [1.29, 1.82) is 0 Å². The first-order valence-corrected chi connectivity index (χ1v) is 7.36. The third-order valence-corrected chi connectivity index (χ3v) is 3.92. The minimum absolute atomic E-state index is 0.0855. The van der Waals surface area contributed by atoms with E-state index in [4.69, 9.17) is 10.5 Å². The summed E-state index contributed by atoms with van der Waals surface area (Å²) in [5, 5.41) is 0. The number of nitrogens with two attached hydrogens (primary N) is 1. The van der Waals surface area contributed by atoms with Crippen molar-refractivity contribution in [3.8, 4) is 5.75 Å². The van der Waals surface area contributed by atoms with Gasteiger partial charge < -0.3 is 10.5 Å². The Bertz CT molecular complexity index is 480. The van der Waals surface area contributed by atoms with Gasteiger partial charge in [0.1, 0.15) is 11.6 Å². The molecular weight excluding hydrogens is 269 g/mol. The summed E-state index contributed by atoms with van der Waals surface area (Å²) in [5.41, 5.74) is 6.07. The summed E-state index contributed by atoms with van der Waals surface area (Å²) >= 11 is 0. The Balaban J connectivity index is 2.79. The van der Waals surface area contributed by atoms with E-state index in [0.717, 1.165) is 12.8 Å². The van der Waals surface area contributed by atoms with Crippen LogP contribution in [0, 0.1) is 17.2 Å². The molecule has 1 rings (SSSR count). The van der Waals surface area contributed by atoms with Gasteiger partial charge in [0, 0.05) is 6.42 Å². The van der Waals surface area contributed by atoms with Gasteiger partial charge in [-0.15, -0.1) is 0 Å². The second-order valence-corrected chi connectivity index (χ2v) is 6.45. The van der Waals surface area contributed by atoms with E-state index >= 15 is 0 Å². The molecule has 1 aromatic rings. The Kier molecular flexibility index (Phi) is 6.34. The summed E-state index contributed by atoms with van der Waals surface area (Å²) in [4.78, 5) is 12.3. The average molecular weight is 295 g/mol. The van der Waals surface area contributed by atoms with Crippen molar-refractivity contribution in [2.75, 3.05) is 13.7 Å². The fourth-order valence-electron chi connectivity index (χ4n) is 2.55. The van der Waals surface area contributed by atoms with E-state index in [1.807, 2.05) is 0 Å². The van der Waals surface area contributed by atoms with Crippen LogP contribution in [0.3, 0.4) is 0 Å². The summed E-state index contributed by atoms with van der Waals surface area (Å²) in [6, 6.07) is 4.03. The standard InChI is InChI=1S/C17H26FNO2/c1-17(2,3)12(9-10-19)5-7-15(20)14-11-13(18)6-8-16(14)21-4/h6,8,11-12H,5,7,9-10,19H2,1-4H3. The maximum absolute atomic E-state index is 13.3. The molecule has 1 aromatic carbocycles. The van der Waals surface area contributed by atoms with Crippen molar-refractivity contribution in [3.63, 3.8) is 0 Å². The number of hydrogen-bond donors (Lipinski definition) is 1. The first-order valence-electron chi connectivity index (χ1n) is 7.36. The Morgan fingerprint density at radius 2 is 2.00 bits per heavy atom. The van der Waals surface area contributed by atoms with E-state index < -0.39 is 5.82 Å². The zero-order valence-electron chi connectivity index (χ0n) is 13.4. The molecule has 118 valence electrons. The molecule has 1 atom stereocenters. The maximum atomic E-state index is 13.3. The number of ketones is 1. The third-order valence-electron chi connectivity index (χ3n) is 3.92. The van der Waals surface area contributed by atoms with Crippen molar-refractivity contribution in [1.82, 2.24) is 0 Å². The van der Waals surface area contributed by atoms with Gasteiger partial charge in [-0.25, -0.2) is 4.39 Å². The van der Waals surface area contributed by atoms with Crippen LogP contribution < -0.4 is 10.5 Å². The summed E-state index contributed by atoms with van der Waals surface area (Å²) in [5.74, 6) is 0.282. The van der Waals surface area contributed by atoms with Crippen LogP contribution in [0.15, 0.2) is 18.2 Å². The number of methoxy groups -OCH3 is 1. The van der Waals surface area contributed by atoms with Gasteiger partial charge in [0.05, 0.1) is 12.7 Å². The molecule has 0 heterocycles. The van der Waals surface area contributed by atoms with E-state index in [1.165, 1.54) is 25.3 Å². The van der Waals surface area contributed by atoms with Crippen LogP contribution in [0.4, 0.5) is 4.39 Å². The smallest absolute Gasteiger partial charge is 0.166 e. The van der Waals surface area contributed by atoms with Gasteiger partial charge >= 0.3 is 0 Å². The van der Waals surface area contributed by atoms with Gasteiger partial charge in [-0.05, 0) is 48.9 Å². The molecule has 4 heteroatoms. The molecule has 0 bridgehead atoms. The molecule has 0 aromatic heterocycles. The molecule has 0 saturated heterocycles. The number of Topliss-reactive ketones (excluding diaryl/α,β-unsaturated/α-hetero) is 1. The predicted octanol–water partition coefficient (Wildman–Crippen LogP) is 3.81. The zero-order valence-corrected chi connectivity index (χ0v) is 13.4. The fourth-order valence-corrected chi connectivity index (χ4v) is 2.55. The molecule has 3 nitrogen and oxygen atoms in total. The lowest BCUT2D eigenvalue weighted by atomic mass is 9.75. The van der Waals surface area contributed by atoms with Crippen molar-refractivity contribution in [3.05, 3.63) is 29.6 Å². The normalized spacial score (nSPS) is 13.0. The average Bonchev–Trinajstić information content (AvgIpc) is 2.41. The van der Waals surface area contributed by atoms with Gasteiger partial charge in [0.15, 0.2) is 5.78 Å². The number of carbonyl (C=O) groups excluding carboxylic acids is 1. The lowest BCUT2D eigenvalue weighted by Crippen LogP contribution is -2.24. The summed E-state index contributed by atoms with van der Waals surface area (Å²) in [6.07, 6.45) is 2.01. The lowest BCUT2D eigenvalue weighted by Gasteiger charge is -2.30. The van der Waals surface area contributed by atoms with Crippen LogP contribution >= 0.6 is 0 Å². The van der Waals surface area contributed by atoms with Gasteiger partial charge in [0.25, 0.3) is 0 Å². The molecule has 0 aliphatic rings. The molecule has 0 radical (unpaired) electrons. The van der Waals surface area contributed by atoms with E-state index in [1.54, 1.807) is 0 Å². The minimum atomic E-state index is -0.423. The number of benzene rings is 1. The highest BCUT2D eigenvalue weighted by Crippen LogP contribution is 2.33. The maximum Gasteiger partial charge on any atom is 0.166 e. The Hall–Kier alpha value is -1.42. The molecule has 21 heavy (non-hydrogen) atoms. The van der Waals surface area contributed by atoms with Gasteiger partial charge in [-0.1, -0.05) is 20.8 Å². The van der Waals surface area contributed by atoms with E-state index in [9.17, 15) is 9.18 Å². The van der Waals surface area contributed by atoms with Crippen molar-refractivity contribution in [2.24, 2.45) is 17.1 Å². The number of carbonyl (C=O) groups is 1. The van der Waals surface area contributed by atoms with Crippen LogP contribution in [-0.2, 0) is 0 Å². The molecule has 0 saturated carbocycles. The molecule has 1 unspecified atom stereocenters. The zero-order chi connectivity index (χ0) is 16.0. The monoisotopic (exact) mass is 295 g/mol. The Labute approximate surface area is 126 Å². The molecule has 0 fully saturated rings. The van der Waals surface area contributed by atoms with E-state index in [-0.39, 0.29) is 11.2 Å². The Morgan fingerprint density at radius 3 is 2.52 bits per heavy atom. The lowest BCUT2D eigenvalue weighted by molar-refractivity contribution is 0.0954. The number of halogens is 1. The quantitative estimate of drug-likeness (QED) is 0.778. The predicted molar refractivity (Wildman–Crippen MR) is 83.1 cm³/mol. The summed E-state index contributed by atoms with van der Waals surface area (Å²) < 4.78 is 18.5. The van der Waals surface area contributed by atoms with Crippen LogP contribution in [0.2, 0.25) is 0 Å². The number of ether oxygens (including phenoxy) is 1. The second kappa shape index (κ2) is 7.55. The van der Waals surface area contributed by atoms with Gasteiger partial charge in [0.2, 0.25) is 0 Å². The van der Waals surface area contributed by atoms with Crippen LogP contribution in [0.25, 0.3) is 0 Å². The molecule has 0 spiro atoms. The molecule has 0 aliphatic carbocycles. The number of rotatable bonds is 7. The SMILES string of the molecule is COc1ccc(F)cc1C(=O)CCC(CCN)C(C)(C)C. The third kappa shape index (κ3) is 5.12. The highest BCUT2D eigenvalue weighted by atomic mass is 19.1. The first-order chi connectivity index (χ1) is 9.79. The first kappa shape index (κ1) is 17.6. The van der Waals surface area contributed by atoms with Gasteiger partial charge in [-0.3, -0.25) is 4.79 Å². The summed E-state index contributed by atoms with van der Waals surface area (Å²) in [7, 11) is 1.48. The molecule has 0 aliphatic heterocycles. The topological polar surface area (TPSA) is 52.3 Å². The van der Waals surface area contributed by atoms with E-state index in [2.05, 4.69) is 20.8 Å². The number of hydrogen-bond acceptors (Lipinski definition) is 3. The highest BCUT2D eigenvalue weighted by molar-refractivity contribution is 5.98. The van der Waals surface area contributed by atoms with Crippen LogP contribution in [0.1, 0.15) is 50.4 Å². The fraction of sp³-hybridized carbons (Fsp3) is 0.588. The summed E-state index contributed by atoms with van der Waals surface area (Å²) in [6.45, 7) is 7.07. The Morgan fingerprint density at radius 1 is 1.33 bits per heavy atom. The molecule has 0 amide bonds. The minimum Gasteiger partial charge on any atom is -0.496 e. The van der Waals surface area contributed by atoms with Crippen molar-refractivity contribution >= 4 is 5.78 Å². The van der Waals surface area contributed by atoms with Gasteiger partial charge in [-0.2, -0.15) is 0 Å². The van der Waals surface area contributed by atoms with Crippen molar-refractivity contribution < 1.29 is 13.9 Å². The van der Waals surface area contributed by atoms with Crippen LogP contribution in [0.5, 0.6) is 5.75 Å². The van der Waals surface area contributed by atoms with Crippen LogP contribution in [-0.4, -0.2) is 19.4 Å². The second-order valence-electron chi connectivity index (χ2n) is 6.45. The van der Waals surface area contributed by atoms with Crippen molar-refractivity contribution in [2.45, 2.75) is 40.0 Å². The van der Waals surface area contributed by atoms with E-state index in [0.29, 0.717) is 30.2 Å². The molecule has 2 N–H and O–H groups in total. The highest BCUT2D eigenvalue weighted by Gasteiger charge is 2.25. The molecular formula is C17H26FNO2. The largest absolute Gasteiger partial charge is 0.496 e.